The molecule has 1 aromatic rings. The molecule has 19 heavy (non-hydrogen) atoms. The van der Waals surface area contributed by atoms with Crippen LogP contribution in [0.5, 0.6) is 0 Å². The molecule has 7 nitrogen and oxygen atoms in total. The monoisotopic (exact) mass is 289 g/mol. The van der Waals surface area contributed by atoms with Crippen molar-refractivity contribution < 1.29 is 17.7 Å². The van der Waals surface area contributed by atoms with Crippen molar-refractivity contribution in [1.82, 2.24) is 10.5 Å². The van der Waals surface area contributed by atoms with Gasteiger partial charge in [-0.05, 0) is 12.8 Å². The fraction of sp³-hybridized carbons (Fsp3) is 0.636. The van der Waals surface area contributed by atoms with Gasteiger partial charge in [0.25, 0.3) is 0 Å². The summed E-state index contributed by atoms with van der Waals surface area (Å²) in [5.74, 6) is 0.510. The summed E-state index contributed by atoms with van der Waals surface area (Å²) in [5, 5.41) is 6.28. The fourth-order valence-electron chi connectivity index (χ4n) is 1.34. The van der Waals surface area contributed by atoms with Gasteiger partial charge in [-0.3, -0.25) is 4.79 Å². The van der Waals surface area contributed by atoms with Gasteiger partial charge in [0.05, 0.1) is 6.26 Å². The largest absolute Gasteiger partial charge is 0.360 e. The van der Waals surface area contributed by atoms with E-state index in [4.69, 9.17) is 4.52 Å². The molecule has 0 saturated carbocycles. The van der Waals surface area contributed by atoms with Gasteiger partial charge in [0.1, 0.15) is 12.3 Å². The molecule has 0 radical (unpaired) electrons. The number of carbonyl (C=O) groups excluding carboxylic acids is 1. The van der Waals surface area contributed by atoms with Gasteiger partial charge in [-0.1, -0.05) is 19.0 Å². The summed E-state index contributed by atoms with van der Waals surface area (Å²) < 4.78 is 29.1. The van der Waals surface area contributed by atoms with Gasteiger partial charge in [-0.2, -0.15) is 0 Å². The van der Waals surface area contributed by atoms with Crippen LogP contribution in [-0.2, 0) is 14.8 Å². The molecule has 1 heterocycles. The SMILES string of the molecule is Cc1cc(N(CC(=O)NCC(C)C)S(C)(=O)=O)no1. The Bertz CT molecular complexity index is 536. The summed E-state index contributed by atoms with van der Waals surface area (Å²) in [6.45, 7) is 5.74. The second-order valence-electron chi connectivity index (χ2n) is 4.76. The predicted octanol–water partition coefficient (Wildman–Crippen LogP) is 0.521. The molecule has 0 bridgehead atoms. The van der Waals surface area contributed by atoms with Crippen molar-refractivity contribution in [3.63, 3.8) is 0 Å². The topological polar surface area (TPSA) is 92.5 Å². The quantitative estimate of drug-likeness (QED) is 0.824. The summed E-state index contributed by atoms with van der Waals surface area (Å²) in [7, 11) is -3.59. The molecule has 0 saturated heterocycles. The highest BCUT2D eigenvalue weighted by Gasteiger charge is 2.23. The first-order valence-electron chi connectivity index (χ1n) is 5.88. The molecule has 0 spiro atoms. The number of hydrogen-bond acceptors (Lipinski definition) is 5. The summed E-state index contributed by atoms with van der Waals surface area (Å²) >= 11 is 0. The Balaban J connectivity index is 2.80. The molecule has 0 atom stereocenters. The molecule has 0 aliphatic carbocycles. The second kappa shape index (κ2) is 6.05. The van der Waals surface area contributed by atoms with E-state index in [0.29, 0.717) is 18.2 Å². The van der Waals surface area contributed by atoms with Crippen molar-refractivity contribution >= 4 is 21.7 Å². The molecule has 0 fully saturated rings. The van der Waals surface area contributed by atoms with Crippen LogP contribution in [0.25, 0.3) is 0 Å². The average Bonchev–Trinajstić information content (AvgIpc) is 2.68. The van der Waals surface area contributed by atoms with Crippen LogP contribution < -0.4 is 9.62 Å². The van der Waals surface area contributed by atoms with Gasteiger partial charge in [-0.25, -0.2) is 12.7 Å². The lowest BCUT2D eigenvalue weighted by Gasteiger charge is -2.18. The molecule has 0 aliphatic rings. The van der Waals surface area contributed by atoms with Crippen molar-refractivity contribution in [1.29, 1.82) is 0 Å². The molecular formula is C11H19N3O4S. The predicted molar refractivity (Wildman–Crippen MR) is 71.3 cm³/mol. The zero-order chi connectivity index (χ0) is 14.6. The van der Waals surface area contributed by atoms with E-state index in [1.807, 2.05) is 13.8 Å². The van der Waals surface area contributed by atoms with Crippen LogP contribution in [-0.4, -0.2) is 38.8 Å². The zero-order valence-electron chi connectivity index (χ0n) is 11.5. The maximum atomic E-state index is 11.7. The van der Waals surface area contributed by atoms with Crippen LogP contribution in [0.1, 0.15) is 19.6 Å². The third-order valence-corrected chi connectivity index (χ3v) is 3.38. The van der Waals surface area contributed by atoms with E-state index in [0.717, 1.165) is 10.6 Å². The molecule has 8 heteroatoms. The molecule has 0 aliphatic heterocycles. The zero-order valence-corrected chi connectivity index (χ0v) is 12.3. The van der Waals surface area contributed by atoms with Crippen LogP contribution in [0.2, 0.25) is 0 Å². The highest BCUT2D eigenvalue weighted by molar-refractivity contribution is 7.92. The Kier molecular flexibility index (Phi) is 4.93. The lowest BCUT2D eigenvalue weighted by molar-refractivity contribution is -0.119. The first kappa shape index (κ1) is 15.5. The van der Waals surface area contributed by atoms with E-state index in [2.05, 4.69) is 10.5 Å². The minimum atomic E-state index is -3.59. The normalized spacial score (nSPS) is 11.6. The maximum absolute atomic E-state index is 11.7. The minimum Gasteiger partial charge on any atom is -0.360 e. The van der Waals surface area contributed by atoms with E-state index < -0.39 is 10.0 Å². The van der Waals surface area contributed by atoms with Crippen molar-refractivity contribution in [2.75, 3.05) is 23.7 Å². The van der Waals surface area contributed by atoms with Gasteiger partial charge >= 0.3 is 0 Å². The van der Waals surface area contributed by atoms with Crippen LogP contribution in [0.3, 0.4) is 0 Å². The van der Waals surface area contributed by atoms with Crippen molar-refractivity contribution in [2.45, 2.75) is 20.8 Å². The number of sulfonamides is 1. The van der Waals surface area contributed by atoms with Gasteiger partial charge in [0.15, 0.2) is 5.82 Å². The van der Waals surface area contributed by atoms with Crippen molar-refractivity contribution in [3.8, 4) is 0 Å². The van der Waals surface area contributed by atoms with E-state index in [1.54, 1.807) is 6.92 Å². The van der Waals surface area contributed by atoms with Gasteiger partial charge in [0, 0.05) is 12.6 Å². The Morgan fingerprint density at radius 3 is 2.58 bits per heavy atom. The Morgan fingerprint density at radius 2 is 2.16 bits per heavy atom. The molecule has 1 amide bonds. The minimum absolute atomic E-state index is 0.111. The van der Waals surface area contributed by atoms with Gasteiger partial charge in [-0.15, -0.1) is 0 Å². The van der Waals surface area contributed by atoms with Crippen LogP contribution in [0.4, 0.5) is 5.82 Å². The first-order valence-corrected chi connectivity index (χ1v) is 7.72. The number of hydrogen-bond donors (Lipinski definition) is 1. The molecular weight excluding hydrogens is 270 g/mol. The Morgan fingerprint density at radius 1 is 1.53 bits per heavy atom. The number of nitrogens with one attached hydrogen (secondary N) is 1. The summed E-state index contributed by atoms with van der Waals surface area (Å²) in [6, 6.07) is 1.47. The Labute approximate surface area is 113 Å². The lowest BCUT2D eigenvalue weighted by Crippen LogP contribution is -2.41. The third-order valence-electron chi connectivity index (χ3n) is 2.27. The number of nitrogens with zero attached hydrogens (tertiary/aromatic N) is 2. The molecule has 0 aromatic carbocycles. The van der Waals surface area contributed by atoms with E-state index in [1.165, 1.54) is 6.07 Å². The number of rotatable bonds is 6. The summed E-state index contributed by atoms with van der Waals surface area (Å²) in [5.41, 5.74) is 0. The van der Waals surface area contributed by atoms with Crippen LogP contribution in [0.15, 0.2) is 10.6 Å². The fourth-order valence-corrected chi connectivity index (χ4v) is 2.12. The number of anilines is 1. The van der Waals surface area contributed by atoms with E-state index in [9.17, 15) is 13.2 Å². The van der Waals surface area contributed by atoms with Crippen molar-refractivity contribution in [3.05, 3.63) is 11.8 Å². The van der Waals surface area contributed by atoms with Crippen LogP contribution >= 0.6 is 0 Å². The highest BCUT2D eigenvalue weighted by Crippen LogP contribution is 2.16. The molecule has 1 rings (SSSR count). The second-order valence-corrected chi connectivity index (χ2v) is 6.67. The van der Waals surface area contributed by atoms with Crippen LogP contribution in [0, 0.1) is 12.8 Å². The number of carbonyl (C=O) groups is 1. The molecule has 1 aromatic heterocycles. The number of aromatic nitrogens is 1. The number of amides is 1. The Hall–Kier alpha value is -1.57. The van der Waals surface area contributed by atoms with Gasteiger partial charge < -0.3 is 9.84 Å². The average molecular weight is 289 g/mol. The third kappa shape index (κ3) is 4.90. The molecule has 108 valence electrons. The lowest BCUT2D eigenvalue weighted by atomic mass is 10.2. The van der Waals surface area contributed by atoms with E-state index >= 15 is 0 Å². The molecule has 0 unspecified atom stereocenters. The highest BCUT2D eigenvalue weighted by atomic mass is 32.2. The number of aryl methyl sites for hydroxylation is 1. The van der Waals surface area contributed by atoms with E-state index in [-0.39, 0.29) is 18.3 Å². The standard InChI is InChI=1S/C11H19N3O4S/c1-8(2)6-12-11(15)7-14(19(4,16)17)10-5-9(3)18-13-10/h5,8H,6-7H2,1-4H3,(H,12,15). The van der Waals surface area contributed by atoms with Crippen molar-refractivity contribution in [2.24, 2.45) is 5.92 Å². The molecule has 1 N–H and O–H groups in total. The first-order chi connectivity index (χ1) is 8.70. The van der Waals surface area contributed by atoms with Gasteiger partial charge in [0.2, 0.25) is 15.9 Å². The summed E-state index contributed by atoms with van der Waals surface area (Å²) in [6.07, 6.45) is 1.02. The maximum Gasteiger partial charge on any atom is 0.240 e. The summed E-state index contributed by atoms with van der Waals surface area (Å²) in [4.78, 5) is 11.7. The smallest absolute Gasteiger partial charge is 0.240 e.